The maximum Gasteiger partial charge on any atom is 0.0870 e. The molecular formula is C14H32N2+2. The summed E-state index contributed by atoms with van der Waals surface area (Å²) in [7, 11) is 9.29. The molecule has 0 atom stereocenters. The molecule has 0 aromatic heterocycles. The minimum absolute atomic E-state index is 0.920. The molecule has 0 aromatic carbocycles. The van der Waals surface area contributed by atoms with Gasteiger partial charge < -0.3 is 9.80 Å². The molecule has 2 nitrogen and oxygen atoms in total. The van der Waals surface area contributed by atoms with Gasteiger partial charge in [0.05, 0.1) is 40.3 Å². The van der Waals surface area contributed by atoms with Crippen molar-refractivity contribution in [3.05, 3.63) is 0 Å². The van der Waals surface area contributed by atoms with E-state index in [2.05, 4.69) is 28.2 Å². The van der Waals surface area contributed by atoms with Gasteiger partial charge in [-0.3, -0.25) is 0 Å². The number of hydrogen-bond donors (Lipinski definition) is 2. The molecule has 1 saturated carbocycles. The van der Waals surface area contributed by atoms with E-state index in [0.717, 1.165) is 12.1 Å². The maximum absolute atomic E-state index is 2.32. The lowest BCUT2D eigenvalue weighted by molar-refractivity contribution is -0.888. The minimum Gasteiger partial charge on any atom is -0.337 e. The maximum atomic E-state index is 2.32. The molecular weight excluding hydrogens is 196 g/mol. The number of hydrogen-bond acceptors (Lipinski definition) is 0. The summed E-state index contributed by atoms with van der Waals surface area (Å²) >= 11 is 0. The molecule has 1 rings (SSSR count). The van der Waals surface area contributed by atoms with Crippen molar-refractivity contribution in [1.82, 2.24) is 0 Å². The molecule has 1 fully saturated rings. The van der Waals surface area contributed by atoms with Crippen LogP contribution in [0.5, 0.6) is 0 Å². The molecule has 0 amide bonds. The second-order valence-electron chi connectivity index (χ2n) is 6.12. The molecule has 16 heavy (non-hydrogen) atoms. The van der Waals surface area contributed by atoms with Gasteiger partial charge >= 0.3 is 0 Å². The van der Waals surface area contributed by atoms with E-state index in [9.17, 15) is 0 Å². The molecule has 0 aliphatic heterocycles. The van der Waals surface area contributed by atoms with Crippen LogP contribution in [0.4, 0.5) is 0 Å². The van der Waals surface area contributed by atoms with Gasteiger partial charge in [-0.2, -0.15) is 0 Å². The van der Waals surface area contributed by atoms with Crippen LogP contribution in [0.15, 0.2) is 0 Å². The van der Waals surface area contributed by atoms with Crippen molar-refractivity contribution in [2.24, 2.45) is 0 Å². The summed E-state index contributed by atoms with van der Waals surface area (Å²) in [6.45, 7) is 0. The average molecular weight is 228 g/mol. The van der Waals surface area contributed by atoms with Gasteiger partial charge in [0.15, 0.2) is 0 Å². The predicted molar refractivity (Wildman–Crippen MR) is 70.1 cm³/mol. The number of nitrogens with one attached hydrogen (secondary N) is 2. The van der Waals surface area contributed by atoms with E-state index >= 15 is 0 Å². The average Bonchev–Trinajstić information content (AvgIpc) is 2.24. The molecule has 96 valence electrons. The van der Waals surface area contributed by atoms with Gasteiger partial charge in [-0.05, 0) is 51.4 Å². The highest BCUT2D eigenvalue weighted by Crippen LogP contribution is 2.15. The van der Waals surface area contributed by atoms with Crippen LogP contribution in [-0.4, -0.2) is 40.3 Å². The first kappa shape index (κ1) is 14.0. The molecule has 2 heteroatoms. The Morgan fingerprint density at radius 2 is 0.812 bits per heavy atom. The van der Waals surface area contributed by atoms with E-state index in [0.29, 0.717) is 0 Å². The smallest absolute Gasteiger partial charge is 0.0870 e. The van der Waals surface area contributed by atoms with Crippen molar-refractivity contribution >= 4 is 0 Å². The van der Waals surface area contributed by atoms with Crippen molar-refractivity contribution in [2.45, 2.75) is 63.5 Å². The van der Waals surface area contributed by atoms with Gasteiger partial charge in [-0.15, -0.1) is 0 Å². The van der Waals surface area contributed by atoms with Crippen LogP contribution in [0.2, 0.25) is 0 Å². The molecule has 0 spiro atoms. The molecule has 0 saturated heterocycles. The summed E-state index contributed by atoms with van der Waals surface area (Å²) in [5.41, 5.74) is 0. The van der Waals surface area contributed by atoms with E-state index in [1.165, 1.54) is 51.4 Å². The van der Waals surface area contributed by atoms with Crippen LogP contribution in [0, 0.1) is 0 Å². The molecule has 1 aliphatic rings. The van der Waals surface area contributed by atoms with E-state index in [-0.39, 0.29) is 0 Å². The fraction of sp³-hybridized carbons (Fsp3) is 1.00. The summed E-state index contributed by atoms with van der Waals surface area (Å²) in [6, 6.07) is 1.84. The summed E-state index contributed by atoms with van der Waals surface area (Å²) in [5, 5.41) is 0. The van der Waals surface area contributed by atoms with Crippen molar-refractivity contribution in [3.63, 3.8) is 0 Å². The van der Waals surface area contributed by atoms with Crippen molar-refractivity contribution in [1.29, 1.82) is 0 Å². The van der Waals surface area contributed by atoms with Crippen LogP contribution in [0.1, 0.15) is 51.4 Å². The monoisotopic (exact) mass is 228 g/mol. The first-order valence-corrected chi connectivity index (χ1v) is 7.21. The number of quaternary nitrogens is 2. The molecule has 1 aliphatic carbocycles. The zero-order chi connectivity index (χ0) is 12.0. The fourth-order valence-corrected chi connectivity index (χ4v) is 3.01. The Kier molecular flexibility index (Phi) is 6.37. The lowest BCUT2D eigenvalue weighted by Crippen LogP contribution is -3.10. The number of rotatable bonds is 2. The Bertz CT molecular complexity index is 146. The van der Waals surface area contributed by atoms with E-state index in [1.54, 1.807) is 9.80 Å². The van der Waals surface area contributed by atoms with E-state index in [1.807, 2.05) is 0 Å². The molecule has 0 heterocycles. The fourth-order valence-electron chi connectivity index (χ4n) is 3.01. The van der Waals surface area contributed by atoms with E-state index < -0.39 is 0 Å². The Hall–Kier alpha value is -0.0800. The normalized spacial score (nSPS) is 29.6. The minimum atomic E-state index is 0.920. The topological polar surface area (TPSA) is 8.88 Å². The lowest BCUT2D eigenvalue weighted by Gasteiger charge is -2.26. The van der Waals surface area contributed by atoms with Gasteiger partial charge in [0.2, 0.25) is 0 Å². The Labute approximate surface area is 102 Å². The first-order valence-electron chi connectivity index (χ1n) is 7.21. The van der Waals surface area contributed by atoms with Crippen LogP contribution >= 0.6 is 0 Å². The third-order valence-electron chi connectivity index (χ3n) is 4.34. The summed E-state index contributed by atoms with van der Waals surface area (Å²) in [4.78, 5) is 3.32. The third kappa shape index (κ3) is 4.84. The molecule has 0 bridgehead atoms. The highest BCUT2D eigenvalue weighted by Gasteiger charge is 2.19. The molecule has 0 unspecified atom stereocenters. The lowest BCUT2D eigenvalue weighted by atomic mass is 9.94. The standard InChI is InChI=1S/C14H30N2/c1-15(2)13-9-5-7-11-14(16(3)4)12-8-6-10-13/h13-14H,5-12H2,1-4H3/p+2. The highest BCUT2D eigenvalue weighted by atomic mass is 15.1. The Balaban J connectivity index is 2.37. The summed E-state index contributed by atoms with van der Waals surface area (Å²) in [6.07, 6.45) is 11.5. The largest absolute Gasteiger partial charge is 0.337 e. The second kappa shape index (κ2) is 7.29. The van der Waals surface area contributed by atoms with Gasteiger partial charge in [0.25, 0.3) is 0 Å². The van der Waals surface area contributed by atoms with Crippen LogP contribution in [-0.2, 0) is 0 Å². The highest BCUT2D eigenvalue weighted by molar-refractivity contribution is 4.64. The third-order valence-corrected chi connectivity index (χ3v) is 4.34. The molecule has 0 aromatic rings. The van der Waals surface area contributed by atoms with Crippen molar-refractivity contribution < 1.29 is 9.80 Å². The van der Waals surface area contributed by atoms with Crippen molar-refractivity contribution in [2.75, 3.05) is 28.2 Å². The Morgan fingerprint density at radius 1 is 0.562 bits per heavy atom. The molecule has 0 radical (unpaired) electrons. The van der Waals surface area contributed by atoms with Gasteiger partial charge in [0, 0.05) is 0 Å². The van der Waals surface area contributed by atoms with Crippen LogP contribution in [0.3, 0.4) is 0 Å². The van der Waals surface area contributed by atoms with Gasteiger partial charge in [-0.25, -0.2) is 0 Å². The SMILES string of the molecule is C[NH+](C)C1CCCCC([NH+](C)C)CCCC1. The predicted octanol–water partition coefficient (Wildman–Crippen LogP) is 0.147. The zero-order valence-electron chi connectivity index (χ0n) is 11.8. The summed E-state index contributed by atoms with van der Waals surface area (Å²) in [5.74, 6) is 0. The van der Waals surface area contributed by atoms with Gasteiger partial charge in [-0.1, -0.05) is 0 Å². The molecule has 2 N–H and O–H groups in total. The quantitative estimate of drug-likeness (QED) is 0.666. The van der Waals surface area contributed by atoms with Crippen molar-refractivity contribution in [3.8, 4) is 0 Å². The summed E-state index contributed by atoms with van der Waals surface area (Å²) < 4.78 is 0. The van der Waals surface area contributed by atoms with Gasteiger partial charge in [0.1, 0.15) is 0 Å². The first-order chi connectivity index (χ1) is 7.61. The zero-order valence-corrected chi connectivity index (χ0v) is 11.8. The van der Waals surface area contributed by atoms with Crippen LogP contribution < -0.4 is 9.80 Å². The Morgan fingerprint density at radius 3 is 1.00 bits per heavy atom. The second-order valence-corrected chi connectivity index (χ2v) is 6.12. The van der Waals surface area contributed by atoms with E-state index in [4.69, 9.17) is 0 Å². The van der Waals surface area contributed by atoms with Crippen LogP contribution in [0.25, 0.3) is 0 Å².